The van der Waals surface area contributed by atoms with Gasteiger partial charge in [-0.3, -0.25) is 0 Å². The summed E-state index contributed by atoms with van der Waals surface area (Å²) in [6.45, 7) is 38.1. The van der Waals surface area contributed by atoms with Crippen molar-refractivity contribution in [3.63, 3.8) is 0 Å². The lowest BCUT2D eigenvalue weighted by Gasteiger charge is -2.57. The van der Waals surface area contributed by atoms with Gasteiger partial charge >= 0.3 is 0 Å². The summed E-state index contributed by atoms with van der Waals surface area (Å²) in [6, 6.07) is 5.67. The third-order valence-corrected chi connectivity index (χ3v) is 22.2. The van der Waals surface area contributed by atoms with Crippen LogP contribution >= 0.6 is 0 Å². The smallest absolute Gasteiger partial charge is 0.127 e. The Morgan fingerprint density at radius 1 is 0.574 bits per heavy atom. The highest BCUT2D eigenvalue weighted by Crippen LogP contribution is 2.64. The Morgan fingerprint density at radius 3 is 1.41 bits per heavy atom. The lowest BCUT2D eigenvalue weighted by Crippen LogP contribution is -2.67. The maximum absolute atomic E-state index is 3.05. The van der Waals surface area contributed by atoms with Crippen LogP contribution in [0.3, 0.4) is 0 Å². The number of nitrogens with zero attached hydrogens (tertiary/aromatic N) is 1. The molecule has 4 aliphatic carbocycles. The molecule has 1 nitrogen and oxygen atoms in total. The fraction of sp³-hybridized carbons (Fsp3) is 0.831. The summed E-state index contributed by atoms with van der Waals surface area (Å²) in [5.41, 5.74) is 11.9. The van der Waals surface area contributed by atoms with E-state index in [1.807, 2.05) is 0 Å². The lowest BCUT2D eigenvalue weighted by atomic mass is 9.61. The minimum absolute atomic E-state index is 0.144. The first-order chi connectivity index (χ1) is 28.6. The molecule has 0 amide bonds. The van der Waals surface area contributed by atoms with Gasteiger partial charge < -0.3 is 4.57 Å². The predicted molar refractivity (Wildman–Crippen MR) is 276 cm³/mol. The van der Waals surface area contributed by atoms with Crippen LogP contribution in [-0.4, -0.2) is 23.9 Å². The van der Waals surface area contributed by atoms with E-state index < -0.39 is 8.24 Å². The molecule has 1 aromatic rings. The SMILES string of the molecule is CCCCCCCCCCCCC1(CCCCCCCCCCCC)C2=CC3C(C=C2c2cc4c(cc21)C(C)(C)CCC4(C)C)CC(C)C3[Si](C)(C)N(C(C)(C)C)C(C)(C)C. The van der Waals surface area contributed by atoms with Crippen molar-refractivity contribution in [2.45, 2.75) is 296 Å². The third kappa shape index (κ3) is 11.6. The average Bonchev–Trinajstić information content (AvgIpc) is 3.62. The van der Waals surface area contributed by atoms with Crippen LogP contribution < -0.4 is 0 Å². The molecule has 0 aliphatic heterocycles. The fourth-order valence-electron chi connectivity index (χ4n) is 14.9. The van der Waals surface area contributed by atoms with Crippen molar-refractivity contribution in [2.24, 2.45) is 17.8 Å². The largest absolute Gasteiger partial charge is 0.314 e. The maximum Gasteiger partial charge on any atom is 0.127 e. The van der Waals surface area contributed by atoms with Crippen LogP contribution in [0.5, 0.6) is 0 Å². The van der Waals surface area contributed by atoms with Crippen LogP contribution in [0.2, 0.25) is 18.6 Å². The number of fused-ring (bicyclic) bond motifs is 5. The van der Waals surface area contributed by atoms with E-state index in [1.165, 1.54) is 161 Å². The summed E-state index contributed by atoms with van der Waals surface area (Å²) in [5.74, 6) is 2.06. The molecule has 0 radical (unpaired) electrons. The molecular formula is C59H103NSi. The minimum Gasteiger partial charge on any atom is -0.314 e. The second kappa shape index (κ2) is 21.0. The Balaban J connectivity index is 1.55. The second-order valence-corrected chi connectivity index (χ2v) is 30.0. The zero-order valence-corrected chi connectivity index (χ0v) is 44.7. The topological polar surface area (TPSA) is 3.24 Å². The predicted octanol–water partition coefficient (Wildman–Crippen LogP) is 19.0. The molecule has 0 saturated heterocycles. The first kappa shape index (κ1) is 50.9. The molecule has 5 rings (SSSR count). The van der Waals surface area contributed by atoms with Gasteiger partial charge in [0.2, 0.25) is 0 Å². The van der Waals surface area contributed by atoms with Crippen molar-refractivity contribution < 1.29 is 0 Å². The van der Waals surface area contributed by atoms with Gasteiger partial charge in [0.05, 0.1) is 0 Å². The minimum atomic E-state index is -1.92. The molecule has 0 heterocycles. The third-order valence-electron chi connectivity index (χ3n) is 17.2. The molecule has 2 heteroatoms. The molecule has 61 heavy (non-hydrogen) atoms. The summed E-state index contributed by atoms with van der Waals surface area (Å²) in [7, 11) is -1.92. The fourth-order valence-corrected chi connectivity index (χ4v) is 21.5. The van der Waals surface area contributed by atoms with Gasteiger partial charge in [-0.15, -0.1) is 0 Å². The first-order valence-corrected chi connectivity index (χ1v) is 30.1. The summed E-state index contributed by atoms with van der Waals surface area (Å²) in [6.07, 6.45) is 40.9. The molecule has 0 spiro atoms. The number of rotatable bonds is 24. The van der Waals surface area contributed by atoms with Gasteiger partial charge in [0.1, 0.15) is 8.24 Å². The highest BCUT2D eigenvalue weighted by molar-refractivity contribution is 6.76. The average molecular weight is 855 g/mol. The molecular weight excluding hydrogens is 751 g/mol. The van der Waals surface area contributed by atoms with Crippen molar-refractivity contribution in [3.8, 4) is 0 Å². The van der Waals surface area contributed by atoms with Crippen LogP contribution in [0.4, 0.5) is 0 Å². The summed E-state index contributed by atoms with van der Waals surface area (Å²) in [4.78, 5) is 0. The van der Waals surface area contributed by atoms with Crippen molar-refractivity contribution in [1.29, 1.82) is 0 Å². The van der Waals surface area contributed by atoms with Gasteiger partial charge in [0, 0.05) is 16.5 Å². The van der Waals surface area contributed by atoms with E-state index >= 15 is 0 Å². The molecule has 1 saturated carbocycles. The highest BCUT2D eigenvalue weighted by atomic mass is 28.3. The second-order valence-electron chi connectivity index (χ2n) is 25.6. The van der Waals surface area contributed by atoms with Crippen LogP contribution in [0.1, 0.15) is 273 Å². The van der Waals surface area contributed by atoms with Gasteiger partial charge in [0.25, 0.3) is 0 Å². The molecule has 4 unspecified atom stereocenters. The van der Waals surface area contributed by atoms with Crippen molar-refractivity contribution in [3.05, 3.63) is 52.1 Å². The molecule has 0 N–H and O–H groups in total. The summed E-state index contributed by atoms with van der Waals surface area (Å²) < 4.78 is 3.05. The van der Waals surface area contributed by atoms with Gasteiger partial charge in [-0.05, 0) is 141 Å². The Bertz CT molecular complexity index is 1570. The standard InChI is InChI=1S/C59H103NSi/c1-16-18-20-22-24-26-28-30-32-34-36-59(37-35-33-31-29-27-25-23-21-19-17-2)50-42-47-46(40-45(3)54(47)61(14,15)60(55(4,5)6)56(7,8)9)41-48(50)49-43-52-53(44-51(49)59)58(12,13)39-38-57(52,10)11/h41-47,54H,16-40H2,1-15H3. The molecule has 4 aliphatic rings. The van der Waals surface area contributed by atoms with E-state index in [-0.39, 0.29) is 27.3 Å². The first-order valence-electron chi connectivity index (χ1n) is 27.1. The lowest BCUT2D eigenvalue weighted by molar-refractivity contribution is 0.121. The van der Waals surface area contributed by atoms with Gasteiger partial charge in [-0.2, -0.15) is 0 Å². The Labute approximate surface area is 383 Å². The maximum atomic E-state index is 3.05. The zero-order chi connectivity index (χ0) is 44.9. The quantitative estimate of drug-likeness (QED) is 0.0740. The normalized spacial score (nSPS) is 24.0. The zero-order valence-electron chi connectivity index (χ0n) is 43.7. The molecule has 0 aromatic heterocycles. The molecule has 1 aromatic carbocycles. The highest BCUT2D eigenvalue weighted by Gasteiger charge is 2.57. The molecule has 4 atom stereocenters. The summed E-state index contributed by atoms with van der Waals surface area (Å²) >= 11 is 0. The van der Waals surface area contributed by atoms with Gasteiger partial charge in [0.15, 0.2) is 0 Å². The number of unbranched alkanes of at least 4 members (excludes halogenated alkanes) is 18. The Hall–Kier alpha value is -1.12. The number of hydrogen-bond acceptors (Lipinski definition) is 1. The van der Waals surface area contributed by atoms with E-state index in [1.54, 1.807) is 33.4 Å². The van der Waals surface area contributed by atoms with Crippen LogP contribution in [0.15, 0.2) is 29.9 Å². The van der Waals surface area contributed by atoms with E-state index in [9.17, 15) is 0 Å². The van der Waals surface area contributed by atoms with Gasteiger partial charge in [-0.1, -0.05) is 214 Å². The van der Waals surface area contributed by atoms with Crippen LogP contribution in [0, 0.1) is 17.8 Å². The van der Waals surface area contributed by atoms with Crippen molar-refractivity contribution in [2.75, 3.05) is 0 Å². The molecule has 348 valence electrons. The Morgan fingerprint density at radius 2 is 0.984 bits per heavy atom. The van der Waals surface area contributed by atoms with E-state index in [2.05, 4.69) is 132 Å². The molecule has 1 fully saturated rings. The summed E-state index contributed by atoms with van der Waals surface area (Å²) in [5, 5.41) is 0. The van der Waals surface area contributed by atoms with E-state index in [0.29, 0.717) is 11.8 Å². The number of benzene rings is 1. The van der Waals surface area contributed by atoms with Crippen molar-refractivity contribution >= 4 is 13.8 Å². The number of hydrogen-bond donors (Lipinski definition) is 0. The molecule has 0 bridgehead atoms. The van der Waals surface area contributed by atoms with Crippen molar-refractivity contribution in [1.82, 2.24) is 4.57 Å². The van der Waals surface area contributed by atoms with Crippen LogP contribution in [0.25, 0.3) is 5.57 Å². The van der Waals surface area contributed by atoms with Crippen LogP contribution in [-0.2, 0) is 16.2 Å². The van der Waals surface area contributed by atoms with E-state index in [4.69, 9.17) is 0 Å². The Kier molecular flexibility index (Phi) is 17.5. The van der Waals surface area contributed by atoms with Gasteiger partial charge in [-0.25, -0.2) is 0 Å². The number of allylic oxidation sites excluding steroid dienone is 4. The van der Waals surface area contributed by atoms with E-state index in [0.717, 1.165) is 11.5 Å². The monoisotopic (exact) mass is 854 g/mol.